The number of fused-ring (bicyclic) bond motifs is 7. The fourth-order valence-electron chi connectivity index (χ4n) is 8.91. The van der Waals surface area contributed by atoms with Gasteiger partial charge in [0, 0.05) is 68.4 Å². The Morgan fingerprint density at radius 1 is 0.550 bits per heavy atom. The van der Waals surface area contributed by atoms with Crippen LogP contribution in [0.5, 0.6) is 11.5 Å². The quantitative estimate of drug-likeness (QED) is 0.168. The molecule has 0 unspecified atom stereocenters. The molecule has 60 heavy (non-hydrogen) atoms. The van der Waals surface area contributed by atoms with Gasteiger partial charge in [-0.1, -0.05) is 106 Å². The van der Waals surface area contributed by atoms with Crippen molar-refractivity contribution in [3.63, 3.8) is 0 Å². The summed E-state index contributed by atoms with van der Waals surface area (Å²) >= 11 is 0. The predicted octanol–water partition coefficient (Wildman–Crippen LogP) is 13.9. The molecule has 0 radical (unpaired) electrons. The first-order valence-electron chi connectivity index (χ1n) is 22.0. The van der Waals surface area contributed by atoms with Crippen molar-refractivity contribution in [1.29, 1.82) is 0 Å². The number of hydrogen-bond donors (Lipinski definition) is 0. The van der Waals surface area contributed by atoms with Crippen molar-refractivity contribution in [2.75, 3.05) is 23.4 Å². The van der Waals surface area contributed by atoms with E-state index in [0.717, 1.165) is 83.2 Å². The van der Waals surface area contributed by atoms with Gasteiger partial charge in [-0.2, -0.15) is 0 Å². The molecule has 0 spiro atoms. The summed E-state index contributed by atoms with van der Waals surface area (Å²) < 4.78 is 36.9. The fourth-order valence-corrected chi connectivity index (χ4v) is 8.91. The molecule has 10 aromatic rings. The molecule has 6 nitrogen and oxygen atoms in total. The van der Waals surface area contributed by atoms with Gasteiger partial charge in [0.2, 0.25) is 0 Å². The Labute approximate surface area is 354 Å². The van der Waals surface area contributed by atoms with Crippen LogP contribution in [-0.4, -0.2) is 27.8 Å². The molecule has 0 N–H and O–H groups in total. The van der Waals surface area contributed by atoms with Crippen LogP contribution in [0.3, 0.4) is 0 Å². The Kier molecular flexibility index (Phi) is 7.41. The van der Waals surface area contributed by atoms with Crippen molar-refractivity contribution < 1.29 is 8.85 Å². The number of aryl methyl sites for hydroxylation is 1. The number of nitrogens with zero attached hydrogens (tertiary/aromatic N) is 5. The third kappa shape index (κ3) is 5.90. The van der Waals surface area contributed by atoms with E-state index in [2.05, 4.69) is 163 Å². The van der Waals surface area contributed by atoms with E-state index in [4.69, 9.17) is 13.8 Å². The first-order valence-corrected chi connectivity index (χ1v) is 20.5. The minimum Gasteiger partial charge on any atom is -0.457 e. The molecular weight excluding hydrogens is 735 g/mol. The molecular formula is C54H45N5O. The molecule has 0 saturated heterocycles. The first kappa shape index (κ1) is 32.6. The lowest BCUT2D eigenvalue weighted by Gasteiger charge is -2.26. The van der Waals surface area contributed by atoms with Gasteiger partial charge in [0.05, 0.1) is 40.1 Å². The summed E-state index contributed by atoms with van der Waals surface area (Å²) in [6, 6.07) is 56.6. The topological polar surface area (TPSA) is 38.5 Å². The summed E-state index contributed by atoms with van der Waals surface area (Å²) in [6.45, 7) is 6.52. The molecule has 3 aromatic heterocycles. The summed E-state index contributed by atoms with van der Waals surface area (Å²) in [6.07, 6.45) is 2.01. The number of benzene rings is 7. The molecule has 1 aliphatic rings. The average molecular weight is 783 g/mol. The molecule has 7 aromatic carbocycles. The number of aromatic nitrogens is 3. The lowest BCUT2D eigenvalue weighted by atomic mass is 9.86. The maximum absolute atomic E-state index is 8.47. The lowest BCUT2D eigenvalue weighted by molar-refractivity contribution is 0.479. The van der Waals surface area contributed by atoms with Crippen LogP contribution in [0.1, 0.15) is 36.0 Å². The van der Waals surface area contributed by atoms with Gasteiger partial charge in [0.1, 0.15) is 17.3 Å². The third-order valence-electron chi connectivity index (χ3n) is 11.9. The standard InChI is InChI=1S/C54H45N5O/c1-35-20-23-45-46-33-55-53(32-51(46)58(49(45)26-35)39-16-10-7-11-17-39)59-47-19-13-12-18-43(47)44-24-22-41(31-50(44)59)60-42-29-38(54(2,3)4)28-40(30-42)57-34-56(5)48-25-21-37(27-52(48)57)36-14-8-6-9-15-36/h6-33H,34H2,1-5H3/i5D3. The van der Waals surface area contributed by atoms with Crippen LogP contribution >= 0.6 is 0 Å². The number of anilines is 3. The van der Waals surface area contributed by atoms with Gasteiger partial charge in [0.25, 0.3) is 0 Å². The second-order valence-electron chi connectivity index (χ2n) is 16.9. The highest BCUT2D eigenvalue weighted by atomic mass is 16.5. The van der Waals surface area contributed by atoms with Crippen LogP contribution in [0, 0.1) is 6.92 Å². The Balaban J connectivity index is 1.04. The van der Waals surface area contributed by atoms with Crippen LogP contribution in [0.25, 0.3) is 66.2 Å². The Bertz CT molecular complexity index is 3400. The van der Waals surface area contributed by atoms with Crippen LogP contribution < -0.4 is 14.5 Å². The molecule has 11 rings (SSSR count). The maximum Gasteiger partial charge on any atom is 0.139 e. The molecule has 0 bridgehead atoms. The minimum atomic E-state index is -2.33. The smallest absolute Gasteiger partial charge is 0.139 e. The lowest BCUT2D eigenvalue weighted by Crippen LogP contribution is -2.24. The van der Waals surface area contributed by atoms with E-state index in [1.54, 1.807) is 0 Å². The van der Waals surface area contributed by atoms with Gasteiger partial charge in [-0.15, -0.1) is 0 Å². The van der Waals surface area contributed by atoms with Crippen molar-refractivity contribution in [3.05, 3.63) is 181 Å². The van der Waals surface area contributed by atoms with Crippen molar-refractivity contribution in [1.82, 2.24) is 14.1 Å². The highest BCUT2D eigenvalue weighted by Crippen LogP contribution is 2.45. The molecule has 1 aliphatic heterocycles. The zero-order valence-electron chi connectivity index (χ0n) is 37.0. The first-order chi connectivity index (χ1) is 30.4. The van der Waals surface area contributed by atoms with Gasteiger partial charge >= 0.3 is 0 Å². The van der Waals surface area contributed by atoms with Gasteiger partial charge < -0.3 is 19.1 Å². The molecule has 0 aliphatic carbocycles. The summed E-state index contributed by atoms with van der Waals surface area (Å²) in [7, 11) is 0. The van der Waals surface area contributed by atoms with E-state index in [-0.39, 0.29) is 12.1 Å². The Hall–Kier alpha value is -7.31. The van der Waals surface area contributed by atoms with Crippen LogP contribution in [-0.2, 0) is 5.41 Å². The number of pyridine rings is 1. The SMILES string of the molecule is [2H]C([2H])([2H])N1CN(c2cc(Oc3ccc4c5ccccc5n(-c5cc6c(cn5)c5ccc(C)cc5n6-c5ccccc5)c4c3)cc(C(C)(C)C)c2)c2cc(-c3ccccc3)ccc21. The highest BCUT2D eigenvalue weighted by molar-refractivity contribution is 6.11. The van der Waals surface area contributed by atoms with E-state index >= 15 is 0 Å². The van der Waals surface area contributed by atoms with E-state index < -0.39 is 6.98 Å². The van der Waals surface area contributed by atoms with Gasteiger partial charge in [0.15, 0.2) is 0 Å². The van der Waals surface area contributed by atoms with Gasteiger partial charge in [-0.25, -0.2) is 4.98 Å². The average Bonchev–Trinajstić information content (AvgIpc) is 3.93. The van der Waals surface area contributed by atoms with Crippen molar-refractivity contribution >= 4 is 60.7 Å². The number of ether oxygens (including phenoxy) is 1. The van der Waals surface area contributed by atoms with Crippen LogP contribution in [0.15, 0.2) is 170 Å². The monoisotopic (exact) mass is 782 g/mol. The Morgan fingerprint density at radius 3 is 2.08 bits per heavy atom. The molecule has 0 saturated carbocycles. The second kappa shape index (κ2) is 13.6. The Morgan fingerprint density at radius 2 is 1.27 bits per heavy atom. The normalized spacial score (nSPS) is 13.9. The maximum atomic E-state index is 8.47. The minimum absolute atomic E-state index is 0.170. The van der Waals surface area contributed by atoms with Crippen molar-refractivity contribution in [2.45, 2.75) is 33.1 Å². The molecule has 292 valence electrons. The fraction of sp³-hybridized carbons (Fsp3) is 0.130. The summed E-state index contributed by atoms with van der Waals surface area (Å²) in [5.74, 6) is 2.14. The summed E-state index contributed by atoms with van der Waals surface area (Å²) in [5.41, 5.74) is 11.8. The number of hydrogen-bond acceptors (Lipinski definition) is 4. The van der Waals surface area contributed by atoms with Gasteiger partial charge in [-0.05, 0) is 95.3 Å². The van der Waals surface area contributed by atoms with E-state index in [0.29, 0.717) is 17.2 Å². The van der Waals surface area contributed by atoms with Crippen molar-refractivity contribution in [2.24, 2.45) is 0 Å². The van der Waals surface area contributed by atoms with E-state index in [1.165, 1.54) is 10.5 Å². The number of para-hydroxylation sites is 2. The zero-order chi connectivity index (χ0) is 43.2. The summed E-state index contributed by atoms with van der Waals surface area (Å²) in [4.78, 5) is 8.76. The molecule has 0 fully saturated rings. The molecule has 6 heteroatoms. The van der Waals surface area contributed by atoms with E-state index in [1.807, 2.05) is 48.7 Å². The largest absolute Gasteiger partial charge is 0.457 e. The molecule has 0 atom stereocenters. The van der Waals surface area contributed by atoms with Crippen molar-refractivity contribution in [3.8, 4) is 34.1 Å². The predicted molar refractivity (Wildman–Crippen MR) is 250 cm³/mol. The second-order valence-corrected chi connectivity index (χ2v) is 16.9. The zero-order valence-corrected chi connectivity index (χ0v) is 34.0. The third-order valence-corrected chi connectivity index (χ3v) is 11.9. The molecule has 4 heterocycles. The van der Waals surface area contributed by atoms with Crippen LogP contribution in [0.4, 0.5) is 17.1 Å². The van der Waals surface area contributed by atoms with E-state index in [9.17, 15) is 0 Å². The summed E-state index contributed by atoms with van der Waals surface area (Å²) in [5, 5.41) is 4.47. The molecule has 0 amide bonds. The number of rotatable bonds is 6. The van der Waals surface area contributed by atoms with Gasteiger partial charge in [-0.3, -0.25) is 4.57 Å². The van der Waals surface area contributed by atoms with Crippen LogP contribution in [0.2, 0.25) is 0 Å². The highest BCUT2D eigenvalue weighted by Gasteiger charge is 2.27.